The Morgan fingerprint density at radius 3 is 2.50 bits per heavy atom. The van der Waals surface area contributed by atoms with Gasteiger partial charge >= 0.3 is 5.97 Å². The van der Waals surface area contributed by atoms with Crippen molar-refractivity contribution in [2.24, 2.45) is 0 Å². The highest BCUT2D eigenvalue weighted by Gasteiger charge is 2.31. The molecule has 0 saturated carbocycles. The first-order valence-electron chi connectivity index (χ1n) is 6.80. The minimum atomic E-state index is -0.650. The molecule has 0 N–H and O–H groups in total. The number of benzene rings is 1. The molecule has 0 aliphatic carbocycles. The summed E-state index contributed by atoms with van der Waals surface area (Å²) in [6.07, 6.45) is 0.996. The van der Waals surface area contributed by atoms with Crippen molar-refractivity contribution in [3.8, 4) is 5.75 Å². The third-order valence-electron chi connectivity index (χ3n) is 2.80. The fourth-order valence-electron chi connectivity index (χ4n) is 1.85. The van der Waals surface area contributed by atoms with E-state index in [0.29, 0.717) is 17.9 Å². The summed E-state index contributed by atoms with van der Waals surface area (Å²) >= 11 is 6.00. The van der Waals surface area contributed by atoms with Crippen molar-refractivity contribution in [3.05, 3.63) is 46.7 Å². The van der Waals surface area contributed by atoms with Crippen LogP contribution in [-0.2, 0) is 19.1 Å². The second-order valence-corrected chi connectivity index (χ2v) is 4.67. The van der Waals surface area contributed by atoms with Gasteiger partial charge < -0.3 is 14.2 Å². The van der Waals surface area contributed by atoms with Crippen LogP contribution in [0.5, 0.6) is 5.75 Å². The molecule has 1 aromatic rings. The van der Waals surface area contributed by atoms with E-state index in [1.54, 1.807) is 31.2 Å². The molecule has 0 radical (unpaired) electrons. The molecule has 5 nitrogen and oxygen atoms in total. The van der Waals surface area contributed by atoms with E-state index in [4.69, 9.17) is 25.8 Å². The molecule has 0 unspecified atom stereocenters. The maximum Gasteiger partial charge on any atom is 0.334 e. The topological polar surface area (TPSA) is 61.8 Å². The number of esters is 1. The summed E-state index contributed by atoms with van der Waals surface area (Å²) in [6.45, 7) is 4.33. The predicted molar refractivity (Wildman–Crippen MR) is 81.2 cm³/mol. The number of Topliss-reactive ketones (excluding diaryl/α,β-unsaturated/α-hetero) is 1. The van der Waals surface area contributed by atoms with E-state index in [2.05, 4.69) is 0 Å². The molecule has 1 aliphatic rings. The lowest BCUT2D eigenvalue weighted by molar-refractivity contribution is -0.137. The van der Waals surface area contributed by atoms with Gasteiger partial charge in [-0.25, -0.2) is 4.79 Å². The zero-order valence-electron chi connectivity index (χ0n) is 12.2. The van der Waals surface area contributed by atoms with Gasteiger partial charge in [0.15, 0.2) is 11.5 Å². The number of hydrogen-bond acceptors (Lipinski definition) is 5. The Labute approximate surface area is 133 Å². The van der Waals surface area contributed by atoms with Crippen molar-refractivity contribution in [2.75, 3.05) is 13.2 Å². The lowest BCUT2D eigenvalue weighted by Crippen LogP contribution is -2.04. The first-order valence-corrected chi connectivity index (χ1v) is 7.18. The number of ether oxygens (including phenoxy) is 3. The summed E-state index contributed by atoms with van der Waals surface area (Å²) in [6, 6.07) is 6.94. The number of carbonyl (C=O) groups is 2. The fourth-order valence-corrected chi connectivity index (χ4v) is 2.09. The van der Waals surface area contributed by atoms with Crippen LogP contribution in [-0.4, -0.2) is 25.0 Å². The number of allylic oxidation sites excluding steroid dienone is 1. The van der Waals surface area contributed by atoms with Gasteiger partial charge in [-0.05, 0) is 38.1 Å². The van der Waals surface area contributed by atoms with Crippen LogP contribution < -0.4 is 4.74 Å². The molecule has 6 heteroatoms. The fraction of sp³-hybridized carbons (Fsp3) is 0.250. The Morgan fingerprint density at radius 2 is 1.91 bits per heavy atom. The van der Waals surface area contributed by atoms with E-state index in [1.165, 1.54) is 0 Å². The summed E-state index contributed by atoms with van der Waals surface area (Å²) in [7, 11) is 0. The van der Waals surface area contributed by atoms with Crippen molar-refractivity contribution < 1.29 is 23.8 Å². The van der Waals surface area contributed by atoms with Crippen LogP contribution in [0.15, 0.2) is 41.1 Å². The number of halogens is 1. The Hall–Kier alpha value is -2.27. The minimum absolute atomic E-state index is 0.0697. The largest absolute Gasteiger partial charge is 0.494 e. The Morgan fingerprint density at radius 1 is 1.23 bits per heavy atom. The second kappa shape index (κ2) is 7.13. The van der Waals surface area contributed by atoms with Crippen LogP contribution in [0, 0.1) is 0 Å². The molecule has 0 saturated heterocycles. The SMILES string of the molecule is CCOC(=O)C=C1OC(c2ccc(OCC)cc2)=C(Cl)C1=O. The average molecular weight is 323 g/mol. The average Bonchev–Trinajstić information content (AvgIpc) is 2.77. The normalized spacial score (nSPS) is 16.0. The molecule has 116 valence electrons. The van der Waals surface area contributed by atoms with Gasteiger partial charge in [0.1, 0.15) is 10.8 Å². The van der Waals surface area contributed by atoms with Gasteiger partial charge in [-0.3, -0.25) is 4.79 Å². The highest BCUT2D eigenvalue weighted by atomic mass is 35.5. The predicted octanol–water partition coefficient (Wildman–Crippen LogP) is 3.04. The molecule has 0 atom stereocenters. The maximum absolute atomic E-state index is 12.0. The lowest BCUT2D eigenvalue weighted by Gasteiger charge is -2.06. The molecular weight excluding hydrogens is 308 g/mol. The van der Waals surface area contributed by atoms with E-state index < -0.39 is 11.8 Å². The van der Waals surface area contributed by atoms with Crippen molar-refractivity contribution in [1.29, 1.82) is 0 Å². The summed E-state index contributed by atoms with van der Waals surface area (Å²) in [4.78, 5) is 23.4. The summed E-state index contributed by atoms with van der Waals surface area (Å²) in [5.41, 5.74) is 0.620. The first kappa shape index (κ1) is 16.1. The minimum Gasteiger partial charge on any atom is -0.494 e. The molecule has 0 aromatic heterocycles. The second-order valence-electron chi connectivity index (χ2n) is 4.29. The maximum atomic E-state index is 12.0. The van der Waals surface area contributed by atoms with Gasteiger partial charge in [0.2, 0.25) is 5.78 Å². The quantitative estimate of drug-likeness (QED) is 0.616. The van der Waals surface area contributed by atoms with E-state index in [1.807, 2.05) is 6.92 Å². The summed E-state index contributed by atoms with van der Waals surface area (Å²) < 4.78 is 15.5. The molecule has 2 rings (SSSR count). The number of carbonyl (C=O) groups excluding carboxylic acids is 2. The van der Waals surface area contributed by atoms with Crippen LogP contribution in [0.2, 0.25) is 0 Å². The molecule has 22 heavy (non-hydrogen) atoms. The monoisotopic (exact) mass is 322 g/mol. The number of hydrogen-bond donors (Lipinski definition) is 0. The van der Waals surface area contributed by atoms with E-state index in [9.17, 15) is 9.59 Å². The molecule has 1 aromatic carbocycles. The van der Waals surface area contributed by atoms with Crippen molar-refractivity contribution in [1.82, 2.24) is 0 Å². The molecule has 0 amide bonds. The van der Waals surface area contributed by atoms with Crippen LogP contribution in [0.1, 0.15) is 19.4 Å². The Bertz CT molecular complexity index is 643. The van der Waals surface area contributed by atoms with Crippen molar-refractivity contribution in [3.63, 3.8) is 0 Å². The highest BCUT2D eigenvalue weighted by molar-refractivity contribution is 6.49. The molecule has 0 bridgehead atoms. The van der Waals surface area contributed by atoms with Crippen molar-refractivity contribution in [2.45, 2.75) is 13.8 Å². The molecule has 1 aliphatic heterocycles. The van der Waals surface area contributed by atoms with E-state index in [-0.39, 0.29) is 23.2 Å². The van der Waals surface area contributed by atoms with E-state index in [0.717, 1.165) is 6.08 Å². The Balaban J connectivity index is 2.21. The third-order valence-corrected chi connectivity index (χ3v) is 3.14. The number of rotatable bonds is 5. The highest BCUT2D eigenvalue weighted by Crippen LogP contribution is 2.35. The van der Waals surface area contributed by atoms with Crippen LogP contribution in [0.4, 0.5) is 0 Å². The van der Waals surface area contributed by atoms with Crippen molar-refractivity contribution >= 4 is 29.1 Å². The zero-order chi connectivity index (χ0) is 16.1. The first-order chi connectivity index (χ1) is 10.6. The zero-order valence-corrected chi connectivity index (χ0v) is 13.0. The molecule has 0 fully saturated rings. The van der Waals surface area contributed by atoms with Crippen LogP contribution >= 0.6 is 11.6 Å². The van der Waals surface area contributed by atoms with Gasteiger partial charge in [0.05, 0.1) is 19.3 Å². The van der Waals surface area contributed by atoms with E-state index >= 15 is 0 Å². The lowest BCUT2D eigenvalue weighted by atomic mass is 10.1. The van der Waals surface area contributed by atoms with Gasteiger partial charge in [0.25, 0.3) is 0 Å². The van der Waals surface area contributed by atoms with Gasteiger partial charge in [-0.1, -0.05) is 11.6 Å². The molecule has 1 heterocycles. The summed E-state index contributed by atoms with van der Waals surface area (Å²) in [5.74, 6) is -0.422. The van der Waals surface area contributed by atoms with Crippen LogP contribution in [0.25, 0.3) is 5.76 Å². The summed E-state index contributed by atoms with van der Waals surface area (Å²) in [5, 5.41) is -0.0697. The Kier molecular flexibility index (Phi) is 5.22. The van der Waals surface area contributed by atoms with Gasteiger partial charge in [-0.2, -0.15) is 0 Å². The van der Waals surface area contributed by atoms with Gasteiger partial charge in [0, 0.05) is 5.56 Å². The smallest absolute Gasteiger partial charge is 0.334 e. The molecule has 0 spiro atoms. The number of ketones is 1. The van der Waals surface area contributed by atoms with Crippen LogP contribution in [0.3, 0.4) is 0 Å². The third kappa shape index (κ3) is 3.49. The van der Waals surface area contributed by atoms with Gasteiger partial charge in [-0.15, -0.1) is 0 Å². The molecular formula is C16H15ClO5. The standard InChI is InChI=1S/C16H15ClO5/c1-3-20-11-7-5-10(6-8-11)16-14(17)15(19)12(22-16)9-13(18)21-4-2/h5-9H,3-4H2,1-2H3.